The fourth-order valence-corrected chi connectivity index (χ4v) is 3.77. The van der Waals surface area contributed by atoms with Crippen LogP contribution in [0, 0.1) is 0 Å². The largest absolute Gasteiger partial charge is 0.369 e. The van der Waals surface area contributed by atoms with E-state index in [-0.39, 0.29) is 18.1 Å². The first-order valence-corrected chi connectivity index (χ1v) is 8.19. The van der Waals surface area contributed by atoms with E-state index < -0.39 is 0 Å². The van der Waals surface area contributed by atoms with E-state index >= 15 is 0 Å². The van der Waals surface area contributed by atoms with E-state index in [4.69, 9.17) is 4.74 Å². The Morgan fingerprint density at radius 2 is 2.17 bits per heavy atom. The van der Waals surface area contributed by atoms with Crippen molar-refractivity contribution < 1.29 is 9.53 Å². The molecule has 2 aliphatic heterocycles. The maximum Gasteiger partial charge on any atom is 0.272 e. The number of amides is 1. The number of carbonyl (C=O) groups is 1. The third-order valence-corrected chi connectivity index (χ3v) is 4.87. The van der Waals surface area contributed by atoms with E-state index in [2.05, 4.69) is 28.9 Å². The Hall–Kier alpha value is -2.08. The highest BCUT2D eigenvalue weighted by Gasteiger charge is 2.33. The molecule has 2 aromatic heterocycles. The highest BCUT2D eigenvalue weighted by molar-refractivity contribution is 5.94. The zero-order valence-corrected chi connectivity index (χ0v) is 13.8. The molecule has 23 heavy (non-hydrogen) atoms. The van der Waals surface area contributed by atoms with Crippen molar-refractivity contribution in [1.82, 2.24) is 19.2 Å². The second kappa shape index (κ2) is 5.23. The van der Waals surface area contributed by atoms with Crippen molar-refractivity contribution in [2.75, 3.05) is 6.54 Å². The number of nitrogens with zero attached hydrogens (tertiary/aromatic N) is 4. The molecule has 4 heterocycles. The average molecular weight is 314 g/mol. The molecule has 6 nitrogen and oxygen atoms in total. The molecule has 2 aromatic rings. The van der Waals surface area contributed by atoms with Crippen molar-refractivity contribution >= 4 is 5.91 Å². The van der Waals surface area contributed by atoms with Gasteiger partial charge in [0, 0.05) is 44.0 Å². The van der Waals surface area contributed by atoms with Crippen LogP contribution in [-0.2, 0) is 31.3 Å². The molecule has 1 amide bonds. The second-order valence-corrected chi connectivity index (χ2v) is 6.55. The van der Waals surface area contributed by atoms with Crippen molar-refractivity contribution in [2.24, 2.45) is 7.05 Å². The van der Waals surface area contributed by atoms with Gasteiger partial charge in [-0.1, -0.05) is 0 Å². The molecule has 0 N–H and O–H groups in total. The van der Waals surface area contributed by atoms with E-state index in [0.29, 0.717) is 6.54 Å². The molecule has 6 heteroatoms. The minimum absolute atomic E-state index is 0.0555. The minimum Gasteiger partial charge on any atom is -0.369 e. The highest BCUT2D eigenvalue weighted by Crippen LogP contribution is 2.32. The number of rotatable bonds is 1. The summed E-state index contributed by atoms with van der Waals surface area (Å²) in [6.45, 7) is 6.30. The Labute approximate surface area is 135 Å². The van der Waals surface area contributed by atoms with Gasteiger partial charge in [0.15, 0.2) is 0 Å². The van der Waals surface area contributed by atoms with Gasteiger partial charge in [0.05, 0.1) is 24.4 Å². The Bertz CT molecular complexity index is 761. The fraction of sp³-hybridized carbons (Fsp3) is 0.529. The topological polar surface area (TPSA) is 52.3 Å². The lowest BCUT2D eigenvalue weighted by atomic mass is 9.99. The van der Waals surface area contributed by atoms with Crippen molar-refractivity contribution in [3.05, 3.63) is 41.0 Å². The van der Waals surface area contributed by atoms with Crippen LogP contribution in [-0.4, -0.2) is 37.8 Å². The summed E-state index contributed by atoms with van der Waals surface area (Å²) in [6.07, 6.45) is 2.88. The standard InChI is InChI=1S/C17H22N4O2/c1-11-9-14-15(12(2)23-11)18-19(3)16(14)17(22)21-8-7-20-6-4-5-13(20)10-21/h4-6,11-12H,7-10H2,1-3H3/t11-,12+/m1/s1. The van der Waals surface area contributed by atoms with Gasteiger partial charge in [-0.2, -0.15) is 5.10 Å². The molecule has 0 bridgehead atoms. The maximum absolute atomic E-state index is 13.1. The van der Waals surface area contributed by atoms with Gasteiger partial charge >= 0.3 is 0 Å². The fourth-order valence-electron chi connectivity index (χ4n) is 3.77. The number of aromatic nitrogens is 3. The van der Waals surface area contributed by atoms with Crippen LogP contribution in [0.2, 0.25) is 0 Å². The summed E-state index contributed by atoms with van der Waals surface area (Å²) in [7, 11) is 1.86. The van der Waals surface area contributed by atoms with Crippen LogP contribution in [0.5, 0.6) is 0 Å². The summed E-state index contributed by atoms with van der Waals surface area (Å²) in [5.74, 6) is 0.0787. The van der Waals surface area contributed by atoms with Gasteiger partial charge in [-0.15, -0.1) is 0 Å². The average Bonchev–Trinajstić information content (AvgIpc) is 3.09. The van der Waals surface area contributed by atoms with Gasteiger partial charge in [-0.3, -0.25) is 9.48 Å². The number of hydrogen-bond acceptors (Lipinski definition) is 3. The summed E-state index contributed by atoms with van der Waals surface area (Å²) in [6, 6.07) is 4.12. The molecule has 2 atom stereocenters. The van der Waals surface area contributed by atoms with Crippen molar-refractivity contribution in [3.63, 3.8) is 0 Å². The van der Waals surface area contributed by atoms with Gasteiger partial charge < -0.3 is 14.2 Å². The zero-order valence-electron chi connectivity index (χ0n) is 13.8. The summed E-state index contributed by atoms with van der Waals surface area (Å²) in [5.41, 5.74) is 3.88. The summed E-state index contributed by atoms with van der Waals surface area (Å²) in [4.78, 5) is 15.0. The van der Waals surface area contributed by atoms with Crippen LogP contribution >= 0.6 is 0 Å². The smallest absolute Gasteiger partial charge is 0.272 e. The Balaban J connectivity index is 1.67. The Morgan fingerprint density at radius 1 is 1.35 bits per heavy atom. The summed E-state index contributed by atoms with van der Waals surface area (Å²) in [5, 5.41) is 4.56. The normalized spacial score (nSPS) is 23.5. The summed E-state index contributed by atoms with van der Waals surface area (Å²) >= 11 is 0. The maximum atomic E-state index is 13.1. The number of fused-ring (bicyclic) bond motifs is 2. The highest BCUT2D eigenvalue weighted by atomic mass is 16.5. The molecule has 0 radical (unpaired) electrons. The van der Waals surface area contributed by atoms with Crippen LogP contribution in [0.25, 0.3) is 0 Å². The first-order chi connectivity index (χ1) is 11.0. The first-order valence-electron chi connectivity index (χ1n) is 8.19. The van der Waals surface area contributed by atoms with E-state index in [1.54, 1.807) is 4.68 Å². The molecule has 0 saturated carbocycles. The molecule has 0 fully saturated rings. The van der Waals surface area contributed by atoms with Crippen LogP contribution in [0.15, 0.2) is 18.3 Å². The van der Waals surface area contributed by atoms with E-state index in [9.17, 15) is 4.79 Å². The van der Waals surface area contributed by atoms with Crippen LogP contribution < -0.4 is 0 Å². The first kappa shape index (κ1) is 14.5. The predicted octanol–water partition coefficient (Wildman–Crippen LogP) is 1.90. The van der Waals surface area contributed by atoms with Crippen molar-refractivity contribution in [1.29, 1.82) is 0 Å². The molecule has 0 aromatic carbocycles. The van der Waals surface area contributed by atoms with Crippen molar-refractivity contribution in [3.8, 4) is 0 Å². The molecule has 2 aliphatic rings. The minimum atomic E-state index is -0.0555. The lowest BCUT2D eigenvalue weighted by Crippen LogP contribution is -2.39. The lowest BCUT2D eigenvalue weighted by molar-refractivity contribution is -0.00715. The van der Waals surface area contributed by atoms with Gasteiger partial charge in [0.2, 0.25) is 0 Å². The van der Waals surface area contributed by atoms with Crippen LogP contribution in [0.3, 0.4) is 0 Å². The third-order valence-electron chi connectivity index (χ3n) is 4.87. The molecular weight excluding hydrogens is 292 g/mol. The van der Waals surface area contributed by atoms with Gasteiger partial charge in [-0.05, 0) is 26.0 Å². The van der Waals surface area contributed by atoms with Gasteiger partial charge in [-0.25, -0.2) is 0 Å². The van der Waals surface area contributed by atoms with Gasteiger partial charge in [0.25, 0.3) is 5.91 Å². The SMILES string of the molecule is C[C@@H]1Cc2c(nn(C)c2C(=O)N2CCn3cccc3C2)[C@H](C)O1. The number of hydrogen-bond donors (Lipinski definition) is 0. The molecule has 4 rings (SSSR count). The van der Waals surface area contributed by atoms with Crippen molar-refractivity contribution in [2.45, 2.75) is 45.6 Å². The molecule has 122 valence electrons. The molecule has 0 aliphatic carbocycles. The van der Waals surface area contributed by atoms with Crippen LogP contribution in [0.4, 0.5) is 0 Å². The number of ether oxygens (including phenoxy) is 1. The third kappa shape index (κ3) is 2.28. The number of carbonyl (C=O) groups excluding carboxylic acids is 1. The van der Waals surface area contributed by atoms with E-state index in [1.807, 2.05) is 24.9 Å². The predicted molar refractivity (Wildman–Crippen MR) is 85.0 cm³/mol. The second-order valence-electron chi connectivity index (χ2n) is 6.55. The summed E-state index contributed by atoms with van der Waals surface area (Å²) < 4.78 is 9.78. The monoisotopic (exact) mass is 314 g/mol. The van der Waals surface area contributed by atoms with Gasteiger partial charge in [0.1, 0.15) is 5.69 Å². The molecular formula is C17H22N4O2. The van der Waals surface area contributed by atoms with Crippen LogP contribution in [0.1, 0.15) is 47.4 Å². The zero-order chi connectivity index (χ0) is 16.1. The quantitative estimate of drug-likeness (QED) is 0.808. The molecule has 0 spiro atoms. The van der Waals surface area contributed by atoms with E-state index in [0.717, 1.165) is 36.5 Å². The lowest BCUT2D eigenvalue weighted by Gasteiger charge is -2.30. The van der Waals surface area contributed by atoms with E-state index in [1.165, 1.54) is 5.69 Å². The Morgan fingerprint density at radius 3 is 3.00 bits per heavy atom. The number of aryl methyl sites for hydroxylation is 1. The molecule has 0 saturated heterocycles. The Kier molecular flexibility index (Phi) is 3.30. The molecule has 0 unspecified atom stereocenters.